The number of carbonyl (C=O) groups excluding carboxylic acids is 3. The number of ether oxygens (including phenoxy) is 2. The Morgan fingerprint density at radius 3 is 2.35 bits per heavy atom. The summed E-state index contributed by atoms with van der Waals surface area (Å²) in [7, 11) is 1.40. The van der Waals surface area contributed by atoms with Crippen molar-refractivity contribution < 1.29 is 28.4 Å². The summed E-state index contributed by atoms with van der Waals surface area (Å²) in [5.74, 6) is 0.107. The summed E-state index contributed by atoms with van der Waals surface area (Å²) in [6, 6.07) is 12.2. The van der Waals surface area contributed by atoms with Gasteiger partial charge in [0.2, 0.25) is 0 Å². The van der Waals surface area contributed by atoms with Gasteiger partial charge in [-0.1, -0.05) is 6.07 Å². The molecular weight excluding hydrogens is 494 g/mol. The Morgan fingerprint density at radius 2 is 1.68 bits per heavy atom. The molecule has 2 N–H and O–H groups in total. The maximum Gasteiger partial charge on any atom is 0.410 e. The maximum atomic E-state index is 12.8. The Balaban J connectivity index is 1.25. The van der Waals surface area contributed by atoms with Crippen LogP contribution in [0.2, 0.25) is 0 Å². The Kier molecular flexibility index (Phi) is 8.94. The number of esters is 1. The third-order valence-electron chi connectivity index (χ3n) is 6.92. The van der Waals surface area contributed by atoms with Crippen molar-refractivity contribution >= 4 is 40.6 Å². The number of methoxy groups -OCH3 is 1. The van der Waals surface area contributed by atoms with E-state index in [1.54, 1.807) is 35.4 Å². The van der Waals surface area contributed by atoms with Gasteiger partial charge in [-0.2, -0.15) is 0 Å². The van der Waals surface area contributed by atoms with E-state index in [2.05, 4.69) is 10.6 Å². The fraction of sp³-hybridized carbons (Fsp3) is 0.444. The monoisotopic (exact) mass is 527 g/mol. The first-order valence-corrected chi connectivity index (χ1v) is 14.0. The van der Waals surface area contributed by atoms with Gasteiger partial charge in [0.15, 0.2) is 4.90 Å². The van der Waals surface area contributed by atoms with Crippen LogP contribution < -0.4 is 10.6 Å². The second kappa shape index (κ2) is 12.3. The summed E-state index contributed by atoms with van der Waals surface area (Å²) >= 11 is -1.07. The molecular formula is C27H33N3O6S. The van der Waals surface area contributed by atoms with Gasteiger partial charge < -0.3 is 29.6 Å². The van der Waals surface area contributed by atoms with E-state index in [0.29, 0.717) is 48.1 Å². The van der Waals surface area contributed by atoms with E-state index in [9.17, 15) is 18.9 Å². The molecule has 0 bridgehead atoms. The Bertz CT molecular complexity index is 1120. The summed E-state index contributed by atoms with van der Waals surface area (Å²) in [6.07, 6.45) is 5.50. The molecule has 1 aliphatic carbocycles. The molecule has 1 saturated carbocycles. The van der Waals surface area contributed by atoms with Gasteiger partial charge in [-0.3, -0.25) is 4.79 Å². The van der Waals surface area contributed by atoms with Crippen molar-refractivity contribution in [3.05, 3.63) is 53.6 Å². The molecule has 4 rings (SSSR count). The highest BCUT2D eigenvalue weighted by Crippen LogP contribution is 2.30. The third kappa shape index (κ3) is 7.39. The number of amides is 3. The molecule has 0 radical (unpaired) electrons. The number of rotatable bonds is 6. The van der Waals surface area contributed by atoms with Gasteiger partial charge in [-0.05, 0) is 96.7 Å². The van der Waals surface area contributed by atoms with Crippen molar-refractivity contribution in [3.63, 3.8) is 0 Å². The number of nitrogens with zero attached hydrogens (tertiary/aromatic N) is 1. The molecule has 3 amide bonds. The average Bonchev–Trinajstić information content (AvgIpc) is 2.89. The SMILES string of the molecule is COC(=O)C[C@H]1CC[C@H](OC(=O)N2CCc3cc(NC(=O)Nc4ccc([S+](C)[O-])cc4)ccc3C2)CC1. The number of nitrogens with one attached hydrogen (secondary N) is 2. The predicted molar refractivity (Wildman–Crippen MR) is 141 cm³/mol. The smallest absolute Gasteiger partial charge is 0.410 e. The lowest BCUT2D eigenvalue weighted by Crippen LogP contribution is -2.39. The summed E-state index contributed by atoms with van der Waals surface area (Å²) in [4.78, 5) is 39.1. The molecule has 2 aliphatic rings. The standard InChI is InChI=1S/C27H33N3O6S/c1-35-25(31)15-18-3-9-23(10-4-18)36-27(33)30-14-13-19-16-22(6-5-20(19)17-30)29-26(32)28-21-7-11-24(12-8-21)37(2)34/h5-8,11-12,16,18,23H,3-4,9-10,13-15,17H2,1-2H3,(H2,28,29,32)/t18-,23-,37?. The Labute approximate surface area is 220 Å². The summed E-state index contributed by atoms with van der Waals surface area (Å²) in [5, 5.41) is 5.61. The number of benzene rings is 2. The normalized spacial score (nSPS) is 19.8. The van der Waals surface area contributed by atoms with E-state index in [-0.39, 0.29) is 24.2 Å². The van der Waals surface area contributed by atoms with Crippen molar-refractivity contribution in [1.29, 1.82) is 0 Å². The molecule has 2 aromatic rings. The van der Waals surface area contributed by atoms with Crippen LogP contribution in [0.3, 0.4) is 0 Å². The molecule has 1 aliphatic heterocycles. The molecule has 0 saturated heterocycles. The molecule has 0 aromatic heterocycles. The molecule has 9 nitrogen and oxygen atoms in total. The highest BCUT2D eigenvalue weighted by Gasteiger charge is 2.29. The van der Waals surface area contributed by atoms with Gasteiger partial charge in [-0.25, -0.2) is 9.59 Å². The fourth-order valence-corrected chi connectivity index (χ4v) is 5.32. The van der Waals surface area contributed by atoms with E-state index in [4.69, 9.17) is 9.47 Å². The lowest BCUT2D eigenvalue weighted by Gasteiger charge is -2.32. The van der Waals surface area contributed by atoms with Crippen LogP contribution in [0.5, 0.6) is 0 Å². The zero-order chi connectivity index (χ0) is 26.4. The van der Waals surface area contributed by atoms with Gasteiger partial charge in [0.05, 0.1) is 7.11 Å². The van der Waals surface area contributed by atoms with Gasteiger partial charge in [0.1, 0.15) is 12.4 Å². The number of carbonyl (C=O) groups is 3. The average molecular weight is 528 g/mol. The fourth-order valence-electron chi connectivity index (χ4n) is 4.80. The van der Waals surface area contributed by atoms with Crippen molar-refractivity contribution in [1.82, 2.24) is 4.90 Å². The van der Waals surface area contributed by atoms with Crippen LogP contribution in [-0.4, -0.2) is 53.6 Å². The topological polar surface area (TPSA) is 120 Å². The number of urea groups is 1. The quantitative estimate of drug-likeness (QED) is 0.416. The van der Waals surface area contributed by atoms with Crippen LogP contribution in [0.25, 0.3) is 0 Å². The highest BCUT2D eigenvalue weighted by molar-refractivity contribution is 7.90. The van der Waals surface area contributed by atoms with E-state index >= 15 is 0 Å². The predicted octanol–water partition coefficient (Wildman–Crippen LogP) is 4.68. The van der Waals surface area contributed by atoms with E-state index in [1.165, 1.54) is 7.11 Å². The van der Waals surface area contributed by atoms with Crippen LogP contribution in [0.15, 0.2) is 47.4 Å². The number of fused-ring (bicyclic) bond motifs is 1. The third-order valence-corrected chi connectivity index (χ3v) is 7.86. The van der Waals surface area contributed by atoms with E-state index < -0.39 is 11.2 Å². The van der Waals surface area contributed by atoms with Gasteiger partial charge >= 0.3 is 18.1 Å². The maximum absolute atomic E-state index is 12.8. The summed E-state index contributed by atoms with van der Waals surface area (Å²) in [5.41, 5.74) is 3.39. The molecule has 2 aromatic carbocycles. The second-order valence-electron chi connectivity index (χ2n) is 9.52. The summed E-state index contributed by atoms with van der Waals surface area (Å²) in [6.45, 7) is 1.01. The van der Waals surface area contributed by atoms with E-state index in [0.717, 1.165) is 36.8 Å². The Morgan fingerprint density at radius 1 is 1.00 bits per heavy atom. The molecule has 1 atom stereocenters. The van der Waals surface area contributed by atoms with Crippen molar-refractivity contribution in [2.45, 2.75) is 56.1 Å². The van der Waals surface area contributed by atoms with Crippen molar-refractivity contribution in [2.24, 2.45) is 5.92 Å². The van der Waals surface area contributed by atoms with Gasteiger partial charge in [-0.15, -0.1) is 0 Å². The van der Waals surface area contributed by atoms with Crippen LogP contribution in [0.4, 0.5) is 21.0 Å². The van der Waals surface area contributed by atoms with Crippen LogP contribution in [-0.2, 0) is 38.4 Å². The Hall–Kier alpha value is -3.24. The van der Waals surface area contributed by atoms with Gasteiger partial charge in [0, 0.05) is 30.9 Å². The minimum absolute atomic E-state index is 0.117. The van der Waals surface area contributed by atoms with Crippen LogP contribution in [0.1, 0.15) is 43.2 Å². The first-order chi connectivity index (χ1) is 17.8. The van der Waals surface area contributed by atoms with Crippen LogP contribution >= 0.6 is 0 Å². The molecule has 1 fully saturated rings. The molecule has 1 unspecified atom stereocenters. The molecule has 0 spiro atoms. The number of anilines is 2. The zero-order valence-electron chi connectivity index (χ0n) is 21.2. The lowest BCUT2D eigenvalue weighted by atomic mass is 9.85. The number of hydrogen-bond acceptors (Lipinski definition) is 6. The van der Waals surface area contributed by atoms with E-state index in [1.807, 2.05) is 18.2 Å². The highest BCUT2D eigenvalue weighted by atomic mass is 32.2. The summed E-state index contributed by atoms with van der Waals surface area (Å²) < 4.78 is 22.0. The molecule has 37 heavy (non-hydrogen) atoms. The minimum Gasteiger partial charge on any atom is -0.612 e. The first kappa shape index (κ1) is 26.8. The molecule has 10 heteroatoms. The lowest BCUT2D eigenvalue weighted by molar-refractivity contribution is -0.142. The first-order valence-electron chi connectivity index (χ1n) is 12.5. The minimum atomic E-state index is -1.07. The molecule has 1 heterocycles. The zero-order valence-corrected chi connectivity index (χ0v) is 22.0. The van der Waals surface area contributed by atoms with Crippen molar-refractivity contribution in [3.8, 4) is 0 Å². The van der Waals surface area contributed by atoms with Crippen LogP contribution in [0, 0.1) is 5.92 Å². The van der Waals surface area contributed by atoms with Crippen molar-refractivity contribution in [2.75, 3.05) is 30.5 Å². The molecule has 198 valence electrons. The van der Waals surface area contributed by atoms with Gasteiger partial charge in [0.25, 0.3) is 0 Å². The second-order valence-corrected chi connectivity index (χ2v) is 10.9. The number of hydrogen-bond donors (Lipinski definition) is 2. The largest absolute Gasteiger partial charge is 0.612 e.